The highest BCUT2D eigenvalue weighted by atomic mass is 35.5. The molecule has 0 spiro atoms. The van der Waals surface area contributed by atoms with E-state index < -0.39 is 0 Å². The molecule has 0 unspecified atom stereocenters. The Hall–Kier alpha value is -2.47. The number of thioether (sulfide) groups is 1. The molecule has 0 aliphatic carbocycles. The van der Waals surface area contributed by atoms with E-state index in [1.807, 2.05) is 35.2 Å². The highest BCUT2D eigenvalue weighted by molar-refractivity contribution is 8.00. The van der Waals surface area contributed by atoms with Gasteiger partial charge < -0.3 is 10.2 Å². The molecule has 1 saturated heterocycles. The van der Waals surface area contributed by atoms with Crippen molar-refractivity contribution in [2.45, 2.75) is 11.8 Å². The minimum Gasteiger partial charge on any atom is -0.326 e. The first-order chi connectivity index (χ1) is 15.0. The quantitative estimate of drug-likeness (QED) is 0.475. The van der Waals surface area contributed by atoms with Gasteiger partial charge in [-0.2, -0.15) is 0 Å². The number of halogens is 2. The third kappa shape index (κ3) is 5.06. The zero-order valence-electron chi connectivity index (χ0n) is 16.6. The van der Waals surface area contributed by atoms with Crippen LogP contribution in [-0.4, -0.2) is 29.0 Å². The Morgan fingerprint density at radius 2 is 1.65 bits per heavy atom. The van der Waals surface area contributed by atoms with E-state index in [1.165, 1.54) is 5.56 Å². The average molecular weight is 471 g/mol. The number of nitrogens with zero attached hydrogens (tertiary/aromatic N) is 1. The Balaban J connectivity index is 1.45. The fraction of sp³-hybridized carbons (Fsp3) is 0.167. The maximum absolute atomic E-state index is 12.6. The van der Waals surface area contributed by atoms with Crippen molar-refractivity contribution in [2.24, 2.45) is 0 Å². The van der Waals surface area contributed by atoms with Gasteiger partial charge in [-0.15, -0.1) is 11.8 Å². The first kappa shape index (κ1) is 21.8. The van der Waals surface area contributed by atoms with Gasteiger partial charge in [-0.1, -0.05) is 71.7 Å². The molecule has 1 atom stereocenters. The summed E-state index contributed by atoms with van der Waals surface area (Å²) in [4.78, 5) is 27.0. The van der Waals surface area contributed by atoms with E-state index in [1.54, 1.807) is 42.1 Å². The molecule has 0 aromatic heterocycles. The zero-order chi connectivity index (χ0) is 21.8. The first-order valence-electron chi connectivity index (χ1n) is 9.83. The summed E-state index contributed by atoms with van der Waals surface area (Å²) in [7, 11) is 0. The maximum atomic E-state index is 12.6. The van der Waals surface area contributed by atoms with Crippen molar-refractivity contribution in [1.29, 1.82) is 0 Å². The number of anilines is 1. The van der Waals surface area contributed by atoms with Crippen LogP contribution in [0.15, 0.2) is 72.8 Å². The number of amides is 2. The minimum absolute atomic E-state index is 0.0497. The molecule has 1 heterocycles. The van der Waals surface area contributed by atoms with Crippen LogP contribution in [0, 0.1) is 0 Å². The lowest BCUT2D eigenvalue weighted by atomic mass is 10.1. The van der Waals surface area contributed by atoms with E-state index in [-0.39, 0.29) is 17.2 Å². The van der Waals surface area contributed by atoms with Gasteiger partial charge in [0.2, 0.25) is 5.91 Å². The van der Waals surface area contributed by atoms with Gasteiger partial charge in [0.25, 0.3) is 5.91 Å². The summed E-state index contributed by atoms with van der Waals surface area (Å²) in [6.45, 7) is 0.660. The van der Waals surface area contributed by atoms with Crippen LogP contribution >= 0.6 is 35.0 Å². The monoisotopic (exact) mass is 470 g/mol. The van der Waals surface area contributed by atoms with Crippen LogP contribution in [0.5, 0.6) is 0 Å². The molecule has 158 valence electrons. The molecule has 2 amide bonds. The van der Waals surface area contributed by atoms with Crippen molar-refractivity contribution in [1.82, 2.24) is 4.90 Å². The van der Waals surface area contributed by atoms with Gasteiger partial charge in [0, 0.05) is 12.1 Å². The number of benzene rings is 3. The second kappa shape index (κ2) is 9.77. The normalized spacial score (nSPS) is 15.9. The van der Waals surface area contributed by atoms with Gasteiger partial charge in [-0.05, 0) is 41.8 Å². The molecule has 31 heavy (non-hydrogen) atoms. The summed E-state index contributed by atoms with van der Waals surface area (Å²) < 4.78 is 0. The van der Waals surface area contributed by atoms with E-state index in [4.69, 9.17) is 23.2 Å². The van der Waals surface area contributed by atoms with E-state index in [2.05, 4.69) is 17.4 Å². The number of carbonyl (C=O) groups is 2. The third-order valence-corrected chi connectivity index (χ3v) is 7.00. The summed E-state index contributed by atoms with van der Waals surface area (Å²) in [6, 6.07) is 22.5. The molecule has 3 aromatic rings. The van der Waals surface area contributed by atoms with Crippen LogP contribution in [0.4, 0.5) is 5.69 Å². The molecular weight excluding hydrogens is 451 g/mol. The highest BCUT2D eigenvalue weighted by Crippen LogP contribution is 2.38. The van der Waals surface area contributed by atoms with Crippen molar-refractivity contribution >= 4 is 52.5 Å². The smallest absolute Gasteiger partial charge is 0.255 e. The number of hydrogen-bond acceptors (Lipinski definition) is 3. The lowest BCUT2D eigenvalue weighted by molar-refractivity contribution is -0.128. The van der Waals surface area contributed by atoms with Gasteiger partial charge in [-0.25, -0.2) is 0 Å². The maximum Gasteiger partial charge on any atom is 0.255 e. The molecule has 3 aromatic carbocycles. The van der Waals surface area contributed by atoms with Gasteiger partial charge in [0.05, 0.1) is 21.5 Å². The van der Waals surface area contributed by atoms with Crippen LogP contribution in [0.3, 0.4) is 0 Å². The molecule has 0 radical (unpaired) electrons. The zero-order valence-corrected chi connectivity index (χ0v) is 18.9. The van der Waals surface area contributed by atoms with Crippen LogP contribution in [0.2, 0.25) is 10.0 Å². The number of para-hydroxylation sites is 1. The predicted molar refractivity (Wildman–Crippen MR) is 128 cm³/mol. The third-order valence-electron chi connectivity index (χ3n) is 5.11. The summed E-state index contributed by atoms with van der Waals surface area (Å²) in [5.74, 6) is 0.311. The molecule has 0 saturated carbocycles. The topological polar surface area (TPSA) is 49.4 Å². The molecule has 4 rings (SSSR count). The van der Waals surface area contributed by atoms with E-state index in [9.17, 15) is 9.59 Å². The summed E-state index contributed by atoms with van der Waals surface area (Å²) in [6.07, 6.45) is 0.808. The summed E-state index contributed by atoms with van der Waals surface area (Å²) in [5, 5.41) is 3.48. The molecule has 0 bridgehead atoms. The van der Waals surface area contributed by atoms with Crippen LogP contribution in [0.25, 0.3) is 0 Å². The van der Waals surface area contributed by atoms with E-state index in [0.29, 0.717) is 33.6 Å². The fourth-order valence-electron chi connectivity index (χ4n) is 3.47. The van der Waals surface area contributed by atoms with Crippen molar-refractivity contribution < 1.29 is 9.59 Å². The molecule has 1 aliphatic rings. The molecular formula is C24H20Cl2N2O2S. The van der Waals surface area contributed by atoms with Gasteiger partial charge in [0.1, 0.15) is 5.37 Å². The van der Waals surface area contributed by atoms with Crippen molar-refractivity contribution in [2.75, 3.05) is 17.6 Å². The lowest BCUT2D eigenvalue weighted by Crippen LogP contribution is -2.30. The summed E-state index contributed by atoms with van der Waals surface area (Å²) in [5.41, 5.74) is 3.08. The van der Waals surface area contributed by atoms with Gasteiger partial charge in [-0.3, -0.25) is 9.59 Å². The molecule has 1 N–H and O–H groups in total. The largest absolute Gasteiger partial charge is 0.326 e. The molecule has 7 heteroatoms. The Labute approximate surface area is 195 Å². The Kier molecular flexibility index (Phi) is 6.86. The van der Waals surface area contributed by atoms with Crippen molar-refractivity contribution in [3.05, 3.63) is 99.5 Å². The van der Waals surface area contributed by atoms with E-state index in [0.717, 1.165) is 12.0 Å². The second-order valence-electron chi connectivity index (χ2n) is 7.16. The lowest BCUT2D eigenvalue weighted by Gasteiger charge is -2.24. The van der Waals surface area contributed by atoms with Crippen molar-refractivity contribution in [3.8, 4) is 0 Å². The fourth-order valence-corrected chi connectivity index (χ4v) is 5.18. The molecule has 1 fully saturated rings. The van der Waals surface area contributed by atoms with Crippen LogP contribution < -0.4 is 5.32 Å². The number of rotatable bonds is 6. The van der Waals surface area contributed by atoms with Gasteiger partial charge >= 0.3 is 0 Å². The second-order valence-corrected chi connectivity index (χ2v) is 9.04. The van der Waals surface area contributed by atoms with E-state index >= 15 is 0 Å². The van der Waals surface area contributed by atoms with Crippen molar-refractivity contribution in [3.63, 3.8) is 0 Å². The van der Waals surface area contributed by atoms with Gasteiger partial charge in [0.15, 0.2) is 0 Å². The summed E-state index contributed by atoms with van der Waals surface area (Å²) >= 11 is 13.9. The Morgan fingerprint density at radius 3 is 2.32 bits per heavy atom. The number of hydrogen-bond donors (Lipinski definition) is 1. The standard InChI is InChI=1S/C24H20Cl2N2O2S/c25-19-7-4-8-20(26)22(19)27-23(30)17-9-11-18(12-10-17)24-28(21(29)15-31-24)14-13-16-5-2-1-3-6-16/h1-12,24H,13-15H2,(H,27,30)/t24-/m1/s1. The minimum atomic E-state index is -0.294. The van der Waals surface area contributed by atoms with Crippen LogP contribution in [-0.2, 0) is 11.2 Å². The molecule has 1 aliphatic heterocycles. The number of nitrogens with one attached hydrogen (secondary N) is 1. The highest BCUT2D eigenvalue weighted by Gasteiger charge is 2.32. The Bertz CT molecular complexity index is 1070. The number of carbonyl (C=O) groups excluding carboxylic acids is 2. The van der Waals surface area contributed by atoms with Crippen LogP contribution in [0.1, 0.15) is 26.9 Å². The SMILES string of the molecule is O=C(Nc1c(Cl)cccc1Cl)c1ccc([C@H]2SCC(=O)N2CCc2ccccc2)cc1. The Morgan fingerprint density at radius 1 is 0.968 bits per heavy atom. The predicted octanol–water partition coefficient (Wildman–Crippen LogP) is 6.06. The molecule has 4 nitrogen and oxygen atoms in total. The average Bonchev–Trinajstić information content (AvgIpc) is 3.16. The first-order valence-corrected chi connectivity index (χ1v) is 11.6.